The Morgan fingerprint density at radius 3 is 2.78 bits per heavy atom. The molecule has 3 rings (SSSR count). The SMILES string of the molecule is Cc1cc2c(c(C3CNCCO3)c1C)OCCO2. The number of rotatable bonds is 1. The summed E-state index contributed by atoms with van der Waals surface area (Å²) in [6, 6.07) is 2.06. The molecule has 1 aromatic rings. The molecule has 4 nitrogen and oxygen atoms in total. The Labute approximate surface area is 107 Å². The van der Waals surface area contributed by atoms with E-state index in [-0.39, 0.29) is 6.10 Å². The maximum atomic E-state index is 5.87. The zero-order valence-corrected chi connectivity index (χ0v) is 10.9. The minimum atomic E-state index is 0.0640. The Hall–Kier alpha value is -1.26. The largest absolute Gasteiger partial charge is 0.486 e. The van der Waals surface area contributed by atoms with Gasteiger partial charge in [0.25, 0.3) is 0 Å². The van der Waals surface area contributed by atoms with E-state index >= 15 is 0 Å². The monoisotopic (exact) mass is 249 g/mol. The highest BCUT2D eigenvalue weighted by molar-refractivity contribution is 5.55. The van der Waals surface area contributed by atoms with Crippen LogP contribution < -0.4 is 14.8 Å². The van der Waals surface area contributed by atoms with E-state index in [1.165, 1.54) is 11.1 Å². The van der Waals surface area contributed by atoms with Gasteiger partial charge in [-0.25, -0.2) is 0 Å². The normalized spacial score (nSPS) is 22.9. The Bertz CT molecular complexity index is 453. The lowest BCUT2D eigenvalue weighted by Crippen LogP contribution is -2.34. The molecule has 0 bridgehead atoms. The second-order valence-corrected chi connectivity index (χ2v) is 4.82. The van der Waals surface area contributed by atoms with Crippen LogP contribution in [0.25, 0.3) is 0 Å². The molecule has 1 fully saturated rings. The van der Waals surface area contributed by atoms with Crippen LogP contribution in [0.1, 0.15) is 22.8 Å². The predicted molar refractivity (Wildman–Crippen MR) is 68.5 cm³/mol. The molecule has 2 heterocycles. The van der Waals surface area contributed by atoms with E-state index in [9.17, 15) is 0 Å². The third-order valence-electron chi connectivity index (χ3n) is 3.65. The van der Waals surface area contributed by atoms with Crippen LogP contribution in [0.2, 0.25) is 0 Å². The molecule has 1 saturated heterocycles. The zero-order valence-electron chi connectivity index (χ0n) is 10.9. The lowest BCUT2D eigenvalue weighted by molar-refractivity contribution is 0.0240. The fraction of sp³-hybridized carbons (Fsp3) is 0.571. The molecule has 1 atom stereocenters. The van der Waals surface area contributed by atoms with Gasteiger partial charge in [-0.2, -0.15) is 0 Å². The van der Waals surface area contributed by atoms with Crippen LogP contribution in [0.5, 0.6) is 11.5 Å². The summed E-state index contributed by atoms with van der Waals surface area (Å²) in [4.78, 5) is 0. The van der Waals surface area contributed by atoms with Crippen LogP contribution in [0.4, 0.5) is 0 Å². The standard InChI is InChI=1S/C14H19NO3/c1-9-7-11-14(18-6-5-17-11)13(10(9)2)12-8-15-3-4-16-12/h7,12,15H,3-6,8H2,1-2H3. The van der Waals surface area contributed by atoms with Crippen molar-refractivity contribution in [1.29, 1.82) is 0 Å². The average Bonchev–Trinajstić information content (AvgIpc) is 2.41. The molecular weight excluding hydrogens is 230 g/mol. The molecule has 0 aliphatic carbocycles. The highest BCUT2D eigenvalue weighted by atomic mass is 16.6. The smallest absolute Gasteiger partial charge is 0.167 e. The fourth-order valence-corrected chi connectivity index (χ4v) is 2.58. The van der Waals surface area contributed by atoms with Crippen molar-refractivity contribution in [3.8, 4) is 11.5 Å². The van der Waals surface area contributed by atoms with Crippen molar-refractivity contribution < 1.29 is 14.2 Å². The van der Waals surface area contributed by atoms with Crippen LogP contribution >= 0.6 is 0 Å². The van der Waals surface area contributed by atoms with Crippen molar-refractivity contribution >= 4 is 0 Å². The molecule has 0 aromatic heterocycles. The zero-order chi connectivity index (χ0) is 12.5. The van der Waals surface area contributed by atoms with E-state index in [0.29, 0.717) is 13.2 Å². The molecule has 0 saturated carbocycles. The van der Waals surface area contributed by atoms with E-state index < -0.39 is 0 Å². The number of benzene rings is 1. The number of hydrogen-bond donors (Lipinski definition) is 1. The first-order valence-electron chi connectivity index (χ1n) is 6.49. The number of morpholine rings is 1. The van der Waals surface area contributed by atoms with E-state index in [1.54, 1.807) is 0 Å². The first-order chi connectivity index (χ1) is 8.77. The lowest BCUT2D eigenvalue weighted by Gasteiger charge is -2.30. The van der Waals surface area contributed by atoms with Gasteiger partial charge in [0.1, 0.15) is 13.2 Å². The first-order valence-corrected chi connectivity index (χ1v) is 6.49. The third kappa shape index (κ3) is 1.95. The van der Waals surface area contributed by atoms with Gasteiger partial charge in [0, 0.05) is 18.7 Å². The fourth-order valence-electron chi connectivity index (χ4n) is 2.58. The summed E-state index contributed by atoms with van der Waals surface area (Å²) in [5.41, 5.74) is 3.62. The Morgan fingerprint density at radius 1 is 1.17 bits per heavy atom. The van der Waals surface area contributed by atoms with Crippen LogP contribution in [0.3, 0.4) is 0 Å². The molecule has 2 aliphatic rings. The summed E-state index contributed by atoms with van der Waals surface area (Å²) in [5, 5.41) is 3.37. The minimum Gasteiger partial charge on any atom is -0.486 e. The van der Waals surface area contributed by atoms with Gasteiger partial charge in [-0.15, -0.1) is 0 Å². The molecule has 0 amide bonds. The van der Waals surface area contributed by atoms with Crippen LogP contribution in [-0.4, -0.2) is 32.9 Å². The molecule has 1 unspecified atom stereocenters. The predicted octanol–water partition coefficient (Wildman–Crippen LogP) is 1.74. The summed E-state index contributed by atoms with van der Waals surface area (Å²) < 4.78 is 17.4. The van der Waals surface area contributed by atoms with Gasteiger partial charge in [0.2, 0.25) is 0 Å². The van der Waals surface area contributed by atoms with Gasteiger partial charge in [0.05, 0.1) is 12.7 Å². The molecule has 2 aliphatic heterocycles. The van der Waals surface area contributed by atoms with Crippen LogP contribution in [0.15, 0.2) is 6.07 Å². The quantitative estimate of drug-likeness (QED) is 0.823. The second kappa shape index (κ2) is 4.78. The van der Waals surface area contributed by atoms with Crippen LogP contribution in [-0.2, 0) is 4.74 Å². The van der Waals surface area contributed by atoms with Gasteiger partial charge in [-0.3, -0.25) is 0 Å². The molecular formula is C14H19NO3. The molecule has 0 spiro atoms. The van der Waals surface area contributed by atoms with E-state index in [0.717, 1.165) is 36.8 Å². The molecule has 0 radical (unpaired) electrons. The summed E-state index contributed by atoms with van der Waals surface area (Å²) in [7, 11) is 0. The van der Waals surface area contributed by atoms with Gasteiger partial charge in [-0.1, -0.05) is 0 Å². The van der Waals surface area contributed by atoms with E-state index in [1.807, 2.05) is 0 Å². The highest BCUT2D eigenvalue weighted by Gasteiger charge is 2.27. The summed E-state index contributed by atoms with van der Waals surface area (Å²) in [5.74, 6) is 1.73. The van der Waals surface area contributed by atoms with Gasteiger partial charge in [0.15, 0.2) is 11.5 Å². The average molecular weight is 249 g/mol. The summed E-state index contributed by atoms with van der Waals surface area (Å²) in [6.45, 7) is 7.96. The maximum Gasteiger partial charge on any atom is 0.167 e. The highest BCUT2D eigenvalue weighted by Crippen LogP contribution is 2.42. The molecule has 4 heteroatoms. The molecule has 1 aromatic carbocycles. The number of hydrogen-bond acceptors (Lipinski definition) is 4. The van der Waals surface area contributed by atoms with Gasteiger partial charge in [-0.05, 0) is 31.0 Å². The number of ether oxygens (including phenoxy) is 3. The topological polar surface area (TPSA) is 39.7 Å². The van der Waals surface area contributed by atoms with Crippen molar-refractivity contribution in [1.82, 2.24) is 5.32 Å². The number of fused-ring (bicyclic) bond motifs is 1. The second-order valence-electron chi connectivity index (χ2n) is 4.82. The molecule has 98 valence electrons. The maximum absolute atomic E-state index is 5.87. The summed E-state index contributed by atoms with van der Waals surface area (Å²) >= 11 is 0. The number of nitrogens with one attached hydrogen (secondary N) is 1. The van der Waals surface area contributed by atoms with E-state index in [2.05, 4.69) is 25.2 Å². The Morgan fingerprint density at radius 2 is 2.00 bits per heavy atom. The van der Waals surface area contributed by atoms with Crippen molar-refractivity contribution in [2.45, 2.75) is 20.0 Å². The van der Waals surface area contributed by atoms with Crippen molar-refractivity contribution in [3.05, 3.63) is 22.8 Å². The molecule has 18 heavy (non-hydrogen) atoms. The van der Waals surface area contributed by atoms with Gasteiger partial charge >= 0.3 is 0 Å². The first kappa shape index (κ1) is 11.8. The molecule has 1 N–H and O–H groups in total. The Balaban J connectivity index is 2.07. The van der Waals surface area contributed by atoms with E-state index in [4.69, 9.17) is 14.2 Å². The van der Waals surface area contributed by atoms with Crippen molar-refractivity contribution in [2.75, 3.05) is 32.9 Å². The minimum absolute atomic E-state index is 0.0640. The van der Waals surface area contributed by atoms with Crippen molar-refractivity contribution in [2.24, 2.45) is 0 Å². The third-order valence-corrected chi connectivity index (χ3v) is 3.65. The Kier molecular flexibility index (Phi) is 3.14. The van der Waals surface area contributed by atoms with Gasteiger partial charge < -0.3 is 19.5 Å². The summed E-state index contributed by atoms with van der Waals surface area (Å²) in [6.07, 6.45) is 0.0640. The lowest BCUT2D eigenvalue weighted by atomic mass is 9.96. The number of aryl methyl sites for hydroxylation is 1. The van der Waals surface area contributed by atoms with Crippen molar-refractivity contribution in [3.63, 3.8) is 0 Å². The van der Waals surface area contributed by atoms with Crippen LogP contribution in [0, 0.1) is 13.8 Å².